The summed E-state index contributed by atoms with van der Waals surface area (Å²) in [6.07, 6.45) is -1.46. The molecule has 1 fully saturated rings. The molecule has 3 heteroatoms. The van der Waals surface area contributed by atoms with Crippen molar-refractivity contribution in [3.05, 3.63) is 0 Å². The van der Waals surface area contributed by atoms with Gasteiger partial charge in [0, 0.05) is 10.7 Å². The number of rotatable bonds is 1. The molecule has 0 nitrogen and oxygen atoms in total. The van der Waals surface area contributed by atoms with Crippen LogP contribution in [0.15, 0.2) is 0 Å². The SMILES string of the molecule is FC(F)C1CC1Br. The molecule has 0 aromatic heterocycles. The second kappa shape index (κ2) is 1.69. The highest BCUT2D eigenvalue weighted by Crippen LogP contribution is 2.41. The summed E-state index contributed by atoms with van der Waals surface area (Å²) in [4.78, 5) is 0.104. The van der Waals surface area contributed by atoms with E-state index in [2.05, 4.69) is 15.9 Å². The van der Waals surface area contributed by atoms with Crippen LogP contribution in [0.5, 0.6) is 0 Å². The lowest BCUT2D eigenvalue weighted by Crippen LogP contribution is -1.93. The van der Waals surface area contributed by atoms with E-state index in [1.54, 1.807) is 0 Å². The van der Waals surface area contributed by atoms with Crippen LogP contribution >= 0.6 is 15.9 Å². The van der Waals surface area contributed by atoms with E-state index in [4.69, 9.17) is 0 Å². The van der Waals surface area contributed by atoms with Crippen molar-refractivity contribution in [2.75, 3.05) is 0 Å². The Morgan fingerprint density at radius 1 is 1.57 bits per heavy atom. The van der Waals surface area contributed by atoms with E-state index >= 15 is 0 Å². The van der Waals surface area contributed by atoms with Gasteiger partial charge >= 0.3 is 0 Å². The van der Waals surface area contributed by atoms with Gasteiger partial charge in [0.25, 0.3) is 0 Å². The van der Waals surface area contributed by atoms with Gasteiger partial charge in [-0.05, 0) is 6.42 Å². The van der Waals surface area contributed by atoms with Gasteiger partial charge in [-0.3, -0.25) is 0 Å². The molecule has 2 unspecified atom stereocenters. The molecule has 0 radical (unpaired) electrons. The molecule has 1 aliphatic carbocycles. The van der Waals surface area contributed by atoms with Crippen molar-refractivity contribution < 1.29 is 8.78 Å². The van der Waals surface area contributed by atoms with Gasteiger partial charge in [-0.2, -0.15) is 0 Å². The monoisotopic (exact) mass is 170 g/mol. The lowest BCUT2D eigenvalue weighted by molar-refractivity contribution is 0.124. The molecule has 0 aromatic rings. The van der Waals surface area contributed by atoms with Crippen molar-refractivity contribution in [1.82, 2.24) is 0 Å². The average Bonchev–Trinajstić information content (AvgIpc) is 2.17. The van der Waals surface area contributed by atoms with E-state index < -0.39 is 6.43 Å². The highest BCUT2D eigenvalue weighted by molar-refractivity contribution is 9.09. The Kier molecular flexibility index (Phi) is 1.32. The summed E-state index contributed by atoms with van der Waals surface area (Å²) >= 11 is 3.07. The lowest BCUT2D eigenvalue weighted by atomic mass is 10.5. The number of hydrogen-bond acceptors (Lipinski definition) is 0. The van der Waals surface area contributed by atoms with Crippen molar-refractivity contribution in [3.8, 4) is 0 Å². The van der Waals surface area contributed by atoms with Crippen LogP contribution in [0.25, 0.3) is 0 Å². The van der Waals surface area contributed by atoms with Crippen LogP contribution in [0, 0.1) is 5.92 Å². The molecule has 0 spiro atoms. The van der Waals surface area contributed by atoms with Gasteiger partial charge in [-0.15, -0.1) is 0 Å². The fourth-order valence-electron chi connectivity index (χ4n) is 0.442. The molecule has 1 saturated carbocycles. The first-order valence-corrected chi connectivity index (χ1v) is 3.05. The molecule has 0 saturated heterocycles. The zero-order valence-electron chi connectivity index (χ0n) is 3.57. The molecule has 2 atom stereocenters. The van der Waals surface area contributed by atoms with Crippen LogP contribution in [-0.2, 0) is 0 Å². The zero-order valence-corrected chi connectivity index (χ0v) is 5.16. The van der Waals surface area contributed by atoms with E-state index in [1.165, 1.54) is 0 Å². The minimum Gasteiger partial charge on any atom is -0.210 e. The quantitative estimate of drug-likeness (QED) is 0.529. The Bertz CT molecular complexity index is 74.1. The summed E-state index contributed by atoms with van der Waals surface area (Å²) < 4.78 is 22.9. The highest BCUT2D eigenvalue weighted by Gasteiger charge is 2.41. The van der Waals surface area contributed by atoms with Gasteiger partial charge in [0.05, 0.1) is 0 Å². The third-order valence-electron chi connectivity index (χ3n) is 1.08. The van der Waals surface area contributed by atoms with Crippen molar-refractivity contribution >= 4 is 15.9 Å². The second-order valence-electron chi connectivity index (χ2n) is 1.75. The van der Waals surface area contributed by atoms with E-state index in [0.717, 1.165) is 0 Å². The smallest absolute Gasteiger partial charge is 0.210 e. The van der Waals surface area contributed by atoms with Gasteiger partial charge in [0.2, 0.25) is 6.43 Å². The van der Waals surface area contributed by atoms with Gasteiger partial charge < -0.3 is 0 Å². The van der Waals surface area contributed by atoms with Crippen molar-refractivity contribution in [2.24, 2.45) is 5.92 Å². The van der Waals surface area contributed by atoms with Crippen LogP contribution in [0.2, 0.25) is 0 Å². The molecule has 0 heterocycles. The minimum atomic E-state index is -2.11. The third kappa shape index (κ3) is 1.12. The van der Waals surface area contributed by atoms with Crippen LogP contribution in [0.1, 0.15) is 6.42 Å². The molecule has 7 heavy (non-hydrogen) atoms. The van der Waals surface area contributed by atoms with Gasteiger partial charge in [-0.1, -0.05) is 15.9 Å². The Labute approximate surface area is 49.0 Å². The molecule has 1 aliphatic rings. The minimum absolute atomic E-state index is 0.104. The Morgan fingerprint density at radius 3 is 2.00 bits per heavy atom. The predicted molar refractivity (Wildman–Crippen MR) is 26.8 cm³/mol. The van der Waals surface area contributed by atoms with Crippen molar-refractivity contribution in [1.29, 1.82) is 0 Å². The Morgan fingerprint density at radius 2 is 2.00 bits per heavy atom. The standard InChI is InChI=1S/C4H5BrF2/c5-3-1-2(3)4(6)7/h2-4H,1H2. The molecule has 0 aliphatic heterocycles. The van der Waals surface area contributed by atoms with Crippen molar-refractivity contribution in [2.45, 2.75) is 17.7 Å². The fraction of sp³-hybridized carbons (Fsp3) is 1.00. The maximum absolute atomic E-state index is 11.4. The van der Waals surface area contributed by atoms with Crippen LogP contribution in [0.3, 0.4) is 0 Å². The summed E-state index contributed by atoms with van der Waals surface area (Å²) in [5, 5.41) is 0. The third-order valence-corrected chi connectivity index (χ3v) is 2.14. The summed E-state index contributed by atoms with van der Waals surface area (Å²) in [5.41, 5.74) is 0. The maximum Gasteiger partial charge on any atom is 0.242 e. The molecule has 42 valence electrons. The largest absolute Gasteiger partial charge is 0.242 e. The molecule has 0 bridgehead atoms. The first kappa shape index (κ1) is 5.48. The Balaban J connectivity index is 2.20. The van der Waals surface area contributed by atoms with Crippen LogP contribution < -0.4 is 0 Å². The average molecular weight is 171 g/mol. The van der Waals surface area contributed by atoms with Gasteiger partial charge in [0.1, 0.15) is 0 Å². The molecule has 0 N–H and O–H groups in total. The van der Waals surface area contributed by atoms with Crippen LogP contribution in [-0.4, -0.2) is 11.3 Å². The van der Waals surface area contributed by atoms with Gasteiger partial charge in [0.15, 0.2) is 0 Å². The van der Waals surface area contributed by atoms with E-state index in [0.29, 0.717) is 6.42 Å². The topological polar surface area (TPSA) is 0 Å². The molecular formula is C4H5BrF2. The number of hydrogen-bond donors (Lipinski definition) is 0. The fourth-order valence-corrected chi connectivity index (χ4v) is 1.10. The first-order valence-electron chi connectivity index (χ1n) is 2.14. The summed E-state index contributed by atoms with van der Waals surface area (Å²) in [6.45, 7) is 0. The number of alkyl halides is 3. The molecule has 1 rings (SSSR count). The second-order valence-corrected chi connectivity index (χ2v) is 2.93. The molecule has 0 amide bonds. The molecular weight excluding hydrogens is 166 g/mol. The lowest BCUT2D eigenvalue weighted by Gasteiger charge is -1.87. The van der Waals surface area contributed by atoms with Crippen LogP contribution in [0.4, 0.5) is 8.78 Å². The highest BCUT2D eigenvalue weighted by atomic mass is 79.9. The van der Waals surface area contributed by atoms with E-state index in [-0.39, 0.29) is 10.7 Å². The van der Waals surface area contributed by atoms with Crippen molar-refractivity contribution in [3.63, 3.8) is 0 Å². The Hall–Kier alpha value is 0.340. The normalized spacial score (nSPS) is 39.4. The molecule has 0 aromatic carbocycles. The zero-order chi connectivity index (χ0) is 5.44. The summed E-state index contributed by atoms with van der Waals surface area (Å²) in [6, 6.07) is 0. The maximum atomic E-state index is 11.4. The van der Waals surface area contributed by atoms with Gasteiger partial charge in [-0.25, -0.2) is 8.78 Å². The predicted octanol–water partition coefficient (Wildman–Crippen LogP) is 2.03. The summed E-state index contributed by atoms with van der Waals surface area (Å²) in [5.74, 6) is -0.347. The van der Waals surface area contributed by atoms with E-state index in [1.807, 2.05) is 0 Å². The summed E-state index contributed by atoms with van der Waals surface area (Å²) in [7, 11) is 0. The van der Waals surface area contributed by atoms with E-state index in [9.17, 15) is 8.78 Å². The number of halogens is 3. The first-order chi connectivity index (χ1) is 3.22.